The molecule has 1 saturated carbocycles. The molecule has 1 aromatic rings. The van der Waals surface area contributed by atoms with Gasteiger partial charge in [0.05, 0.1) is 5.02 Å². The second kappa shape index (κ2) is 8.33. The van der Waals surface area contributed by atoms with Crippen LogP contribution in [0.2, 0.25) is 5.02 Å². The van der Waals surface area contributed by atoms with E-state index in [1.54, 1.807) is 0 Å². The van der Waals surface area contributed by atoms with E-state index in [-0.39, 0.29) is 23.7 Å². The van der Waals surface area contributed by atoms with Crippen molar-refractivity contribution >= 4 is 17.7 Å². The topological polar surface area (TPSA) is 90.8 Å². The molecule has 0 radical (unpaired) electrons. The van der Waals surface area contributed by atoms with Gasteiger partial charge < -0.3 is 25.6 Å². The maximum atomic E-state index is 13.2. The normalized spacial score (nSPS) is 21.9. The standard InChI is InChI=1S/C15H20ClFN2O4/c16-13-4-3-12(6-14(13)17)23-8-11(20)7-18-9-1-2-10(5-9)19-15(21)22/h3-4,6,9-11,18-20H,1-2,5,7-8H2,(H,21,22)/t9-,10?,11?/m0/s1. The first-order valence-corrected chi connectivity index (χ1v) is 7.80. The molecule has 8 heteroatoms. The summed E-state index contributed by atoms with van der Waals surface area (Å²) in [6.45, 7) is 0.345. The lowest BCUT2D eigenvalue weighted by atomic mass is 10.2. The van der Waals surface area contributed by atoms with Crippen molar-refractivity contribution in [2.24, 2.45) is 0 Å². The summed E-state index contributed by atoms with van der Waals surface area (Å²) in [5.74, 6) is -0.266. The molecule has 0 saturated heterocycles. The van der Waals surface area contributed by atoms with E-state index in [1.807, 2.05) is 0 Å². The first-order chi connectivity index (χ1) is 10.9. The molecular weight excluding hydrogens is 327 g/mol. The predicted octanol–water partition coefficient (Wildman–Crippen LogP) is 2.00. The molecule has 1 fully saturated rings. The Labute approximate surface area is 138 Å². The molecule has 128 valence electrons. The lowest BCUT2D eigenvalue weighted by molar-refractivity contribution is 0.103. The van der Waals surface area contributed by atoms with Gasteiger partial charge in [-0.2, -0.15) is 0 Å². The number of ether oxygens (including phenoxy) is 1. The zero-order chi connectivity index (χ0) is 16.8. The largest absolute Gasteiger partial charge is 0.491 e. The quantitative estimate of drug-likeness (QED) is 0.606. The highest BCUT2D eigenvalue weighted by atomic mass is 35.5. The van der Waals surface area contributed by atoms with Gasteiger partial charge in [0.25, 0.3) is 0 Å². The van der Waals surface area contributed by atoms with Gasteiger partial charge in [-0.1, -0.05) is 11.6 Å². The van der Waals surface area contributed by atoms with E-state index < -0.39 is 18.0 Å². The van der Waals surface area contributed by atoms with Gasteiger partial charge in [0, 0.05) is 24.7 Å². The fourth-order valence-electron chi connectivity index (χ4n) is 2.59. The highest BCUT2D eigenvalue weighted by Gasteiger charge is 2.25. The average molecular weight is 347 g/mol. The number of nitrogens with one attached hydrogen (secondary N) is 2. The number of aliphatic hydroxyl groups excluding tert-OH is 1. The summed E-state index contributed by atoms with van der Waals surface area (Å²) in [6, 6.07) is 4.21. The van der Waals surface area contributed by atoms with Gasteiger partial charge >= 0.3 is 6.09 Å². The minimum Gasteiger partial charge on any atom is -0.491 e. The number of carboxylic acid groups (broad SMARTS) is 1. The van der Waals surface area contributed by atoms with Gasteiger partial charge in [-0.3, -0.25) is 0 Å². The van der Waals surface area contributed by atoms with Crippen molar-refractivity contribution in [1.82, 2.24) is 10.6 Å². The Balaban J connectivity index is 1.66. The Morgan fingerprint density at radius 3 is 2.87 bits per heavy atom. The van der Waals surface area contributed by atoms with Crippen LogP contribution in [0.1, 0.15) is 19.3 Å². The molecule has 1 aliphatic rings. The number of halogens is 2. The van der Waals surface area contributed by atoms with Crippen molar-refractivity contribution in [3.05, 3.63) is 29.0 Å². The molecule has 0 heterocycles. The molecular formula is C15H20ClFN2O4. The van der Waals surface area contributed by atoms with E-state index >= 15 is 0 Å². The smallest absolute Gasteiger partial charge is 0.404 e. The molecule has 1 aromatic carbocycles. The van der Waals surface area contributed by atoms with E-state index in [9.17, 15) is 14.3 Å². The molecule has 2 unspecified atom stereocenters. The monoisotopic (exact) mass is 346 g/mol. The number of rotatable bonds is 7. The third-order valence-corrected chi connectivity index (χ3v) is 4.04. The van der Waals surface area contributed by atoms with E-state index in [4.69, 9.17) is 21.4 Å². The van der Waals surface area contributed by atoms with Crippen LogP contribution >= 0.6 is 11.6 Å². The molecule has 6 nitrogen and oxygen atoms in total. The summed E-state index contributed by atoms with van der Waals surface area (Å²) in [7, 11) is 0. The zero-order valence-electron chi connectivity index (χ0n) is 12.5. The van der Waals surface area contributed by atoms with E-state index in [0.717, 1.165) is 12.8 Å². The van der Waals surface area contributed by atoms with Gasteiger partial charge in [-0.15, -0.1) is 0 Å². The minimum absolute atomic E-state index is 0.0188. The summed E-state index contributed by atoms with van der Waals surface area (Å²) in [5.41, 5.74) is 0. The van der Waals surface area contributed by atoms with Crippen LogP contribution in [0.4, 0.5) is 9.18 Å². The summed E-state index contributed by atoms with van der Waals surface area (Å²) < 4.78 is 18.6. The number of carbonyl (C=O) groups is 1. The van der Waals surface area contributed by atoms with Gasteiger partial charge in [0.2, 0.25) is 0 Å². The molecule has 23 heavy (non-hydrogen) atoms. The van der Waals surface area contributed by atoms with Crippen molar-refractivity contribution in [2.75, 3.05) is 13.2 Å². The Morgan fingerprint density at radius 1 is 1.43 bits per heavy atom. The van der Waals surface area contributed by atoms with Gasteiger partial charge in [-0.25, -0.2) is 9.18 Å². The third kappa shape index (κ3) is 5.85. The summed E-state index contributed by atoms with van der Waals surface area (Å²) >= 11 is 5.58. The van der Waals surface area contributed by atoms with Gasteiger partial charge in [0.1, 0.15) is 24.3 Å². The van der Waals surface area contributed by atoms with E-state index in [0.29, 0.717) is 18.7 Å². The van der Waals surface area contributed by atoms with Crippen LogP contribution in [0.15, 0.2) is 18.2 Å². The highest BCUT2D eigenvalue weighted by Crippen LogP contribution is 2.21. The van der Waals surface area contributed by atoms with Crippen LogP contribution in [0.3, 0.4) is 0 Å². The lowest BCUT2D eigenvalue weighted by Crippen LogP contribution is -2.38. The van der Waals surface area contributed by atoms with Crippen LogP contribution in [-0.2, 0) is 0 Å². The molecule has 0 bridgehead atoms. The Hall–Kier alpha value is -1.57. The fraction of sp³-hybridized carbons (Fsp3) is 0.533. The average Bonchev–Trinajstić information content (AvgIpc) is 2.93. The van der Waals surface area contributed by atoms with Crippen LogP contribution in [-0.4, -0.2) is 47.6 Å². The van der Waals surface area contributed by atoms with Crippen LogP contribution in [0.5, 0.6) is 5.75 Å². The number of benzene rings is 1. The van der Waals surface area contributed by atoms with Crippen molar-refractivity contribution in [1.29, 1.82) is 0 Å². The molecule has 0 spiro atoms. The number of aliphatic hydroxyl groups is 1. The maximum absolute atomic E-state index is 13.2. The van der Waals surface area contributed by atoms with E-state index in [1.165, 1.54) is 18.2 Å². The molecule has 1 aliphatic carbocycles. The molecule has 0 aliphatic heterocycles. The highest BCUT2D eigenvalue weighted by molar-refractivity contribution is 6.30. The number of amides is 1. The molecule has 2 rings (SSSR count). The van der Waals surface area contributed by atoms with Crippen LogP contribution < -0.4 is 15.4 Å². The zero-order valence-corrected chi connectivity index (χ0v) is 13.2. The first-order valence-electron chi connectivity index (χ1n) is 7.43. The molecule has 4 N–H and O–H groups in total. The summed E-state index contributed by atoms with van der Waals surface area (Å²) in [6.07, 6.45) is 0.559. The van der Waals surface area contributed by atoms with E-state index in [2.05, 4.69) is 10.6 Å². The number of hydrogen-bond acceptors (Lipinski definition) is 4. The minimum atomic E-state index is -1.01. The molecule has 1 amide bonds. The Kier molecular flexibility index (Phi) is 6.44. The summed E-state index contributed by atoms with van der Waals surface area (Å²) in [5, 5.41) is 24.2. The van der Waals surface area contributed by atoms with Crippen LogP contribution in [0.25, 0.3) is 0 Å². The SMILES string of the molecule is O=C(O)NC1CC[C@H](NCC(O)COc2ccc(Cl)c(F)c2)C1. The molecule has 0 aromatic heterocycles. The predicted molar refractivity (Wildman–Crippen MR) is 83.5 cm³/mol. The maximum Gasteiger partial charge on any atom is 0.404 e. The number of hydrogen-bond donors (Lipinski definition) is 4. The molecule has 3 atom stereocenters. The van der Waals surface area contributed by atoms with Crippen molar-refractivity contribution in [3.63, 3.8) is 0 Å². The first kappa shape index (κ1) is 17.8. The Morgan fingerprint density at radius 2 is 2.17 bits per heavy atom. The Bertz CT molecular complexity index is 546. The van der Waals surface area contributed by atoms with Crippen LogP contribution in [0, 0.1) is 5.82 Å². The second-order valence-electron chi connectivity index (χ2n) is 5.61. The van der Waals surface area contributed by atoms with Gasteiger partial charge in [0.15, 0.2) is 0 Å². The second-order valence-corrected chi connectivity index (χ2v) is 6.01. The third-order valence-electron chi connectivity index (χ3n) is 3.74. The summed E-state index contributed by atoms with van der Waals surface area (Å²) in [4.78, 5) is 10.6. The van der Waals surface area contributed by atoms with Gasteiger partial charge in [-0.05, 0) is 31.4 Å². The lowest BCUT2D eigenvalue weighted by Gasteiger charge is -2.17. The van der Waals surface area contributed by atoms with Crippen molar-refractivity contribution < 1.29 is 24.1 Å². The van der Waals surface area contributed by atoms with Crippen molar-refractivity contribution in [2.45, 2.75) is 37.5 Å². The van der Waals surface area contributed by atoms with Crippen molar-refractivity contribution in [3.8, 4) is 5.75 Å². The fourth-order valence-corrected chi connectivity index (χ4v) is 2.71.